The molecule has 170 valence electrons. The molecule has 3 nitrogen and oxygen atoms in total. The van der Waals surface area contributed by atoms with E-state index in [9.17, 15) is 4.79 Å². The van der Waals surface area contributed by atoms with Gasteiger partial charge in [0.05, 0.1) is 0 Å². The van der Waals surface area contributed by atoms with Gasteiger partial charge >= 0.3 is 0 Å². The highest BCUT2D eigenvalue weighted by Gasteiger charge is 2.22. The first-order chi connectivity index (χ1) is 16.0. The van der Waals surface area contributed by atoms with Gasteiger partial charge in [0.25, 0.3) is 0 Å². The summed E-state index contributed by atoms with van der Waals surface area (Å²) < 4.78 is 2.26. The molecule has 1 heterocycles. The van der Waals surface area contributed by atoms with Crippen LogP contribution in [0.5, 0.6) is 0 Å². The van der Waals surface area contributed by atoms with Crippen LogP contribution < -0.4 is 5.32 Å². The zero-order valence-electron chi connectivity index (χ0n) is 18.9. The average Bonchev–Trinajstić information content (AvgIpc) is 3.18. The SMILES string of the molecule is CCn1cc(C(CC(=O)NCCc2ccc(Cl)cc2Cl)c2ccc(C)cc2)c2ccccc21. The van der Waals surface area contributed by atoms with Gasteiger partial charge in [0, 0.05) is 52.6 Å². The molecule has 0 bridgehead atoms. The van der Waals surface area contributed by atoms with Crippen LogP contribution in [0.2, 0.25) is 10.0 Å². The van der Waals surface area contributed by atoms with E-state index >= 15 is 0 Å². The summed E-state index contributed by atoms with van der Waals surface area (Å²) in [5.74, 6) is 0.00131. The number of nitrogens with one attached hydrogen (secondary N) is 1. The molecule has 0 fully saturated rings. The summed E-state index contributed by atoms with van der Waals surface area (Å²) in [4.78, 5) is 13.0. The van der Waals surface area contributed by atoms with E-state index in [1.54, 1.807) is 6.07 Å². The molecule has 1 atom stereocenters. The third-order valence-corrected chi connectivity index (χ3v) is 6.72. The van der Waals surface area contributed by atoms with Gasteiger partial charge in [-0.25, -0.2) is 0 Å². The minimum atomic E-state index is -0.0255. The smallest absolute Gasteiger partial charge is 0.220 e. The van der Waals surface area contributed by atoms with Gasteiger partial charge in [0.2, 0.25) is 5.91 Å². The maximum absolute atomic E-state index is 13.0. The van der Waals surface area contributed by atoms with Crippen LogP contribution in [-0.2, 0) is 17.8 Å². The van der Waals surface area contributed by atoms with Crippen LogP contribution in [0.1, 0.15) is 41.5 Å². The van der Waals surface area contributed by atoms with E-state index in [-0.39, 0.29) is 11.8 Å². The molecule has 0 saturated heterocycles. The summed E-state index contributed by atoms with van der Waals surface area (Å²) in [7, 11) is 0. The Morgan fingerprint density at radius 3 is 2.52 bits per heavy atom. The molecule has 5 heteroatoms. The van der Waals surface area contributed by atoms with E-state index in [0.29, 0.717) is 29.4 Å². The summed E-state index contributed by atoms with van der Waals surface area (Å²) >= 11 is 12.3. The van der Waals surface area contributed by atoms with E-state index in [4.69, 9.17) is 23.2 Å². The molecule has 33 heavy (non-hydrogen) atoms. The molecule has 1 N–H and O–H groups in total. The first-order valence-corrected chi connectivity index (χ1v) is 12.1. The third kappa shape index (κ3) is 5.43. The van der Waals surface area contributed by atoms with Crippen molar-refractivity contribution in [2.24, 2.45) is 0 Å². The fraction of sp³-hybridized carbons (Fsp3) is 0.250. The zero-order valence-corrected chi connectivity index (χ0v) is 20.5. The normalized spacial score (nSPS) is 12.1. The van der Waals surface area contributed by atoms with Crippen LogP contribution in [0.15, 0.2) is 72.9 Å². The Labute approximate surface area is 205 Å². The Balaban J connectivity index is 1.56. The number of aromatic nitrogens is 1. The van der Waals surface area contributed by atoms with E-state index in [2.05, 4.69) is 78.5 Å². The lowest BCUT2D eigenvalue weighted by Gasteiger charge is -2.18. The number of hydrogen-bond donors (Lipinski definition) is 1. The maximum atomic E-state index is 13.0. The number of halogens is 2. The number of carbonyl (C=O) groups is 1. The predicted octanol–water partition coefficient (Wildman–Crippen LogP) is 7.16. The molecule has 1 aromatic heterocycles. The van der Waals surface area contributed by atoms with Crippen LogP contribution in [0.4, 0.5) is 0 Å². The summed E-state index contributed by atoms with van der Waals surface area (Å²) in [5.41, 5.74) is 5.72. The van der Waals surface area contributed by atoms with Crippen molar-refractivity contribution in [3.05, 3.63) is 105 Å². The van der Waals surface area contributed by atoms with Gasteiger partial charge in [-0.15, -0.1) is 0 Å². The van der Waals surface area contributed by atoms with Crippen molar-refractivity contribution in [3.8, 4) is 0 Å². The Hall–Kier alpha value is -2.75. The number of rotatable bonds is 8. The Bertz CT molecular complexity index is 1260. The monoisotopic (exact) mass is 478 g/mol. The van der Waals surface area contributed by atoms with E-state index in [0.717, 1.165) is 17.7 Å². The second-order valence-corrected chi connectivity index (χ2v) is 9.23. The van der Waals surface area contributed by atoms with Gasteiger partial charge in [0.15, 0.2) is 0 Å². The molecule has 0 spiro atoms. The molecule has 1 amide bonds. The molecular weight excluding hydrogens is 451 g/mol. The number of carbonyl (C=O) groups excluding carboxylic acids is 1. The fourth-order valence-corrected chi connectivity index (χ4v) is 4.84. The van der Waals surface area contributed by atoms with Gasteiger partial charge in [-0.1, -0.05) is 77.3 Å². The largest absolute Gasteiger partial charge is 0.356 e. The molecular formula is C28H28Cl2N2O. The number of fused-ring (bicyclic) bond motifs is 1. The van der Waals surface area contributed by atoms with Crippen molar-refractivity contribution in [1.29, 1.82) is 0 Å². The molecule has 1 unspecified atom stereocenters. The van der Waals surface area contributed by atoms with Gasteiger partial charge in [-0.2, -0.15) is 0 Å². The fourth-order valence-electron chi connectivity index (χ4n) is 4.34. The molecule has 4 aromatic rings. The standard InChI is InChI=1S/C28H28Cl2N2O/c1-3-32-18-25(23-6-4-5-7-27(23)32)24(20-10-8-19(2)9-11-20)17-28(33)31-15-14-21-12-13-22(29)16-26(21)30/h4-13,16,18,24H,3,14-15,17H2,1-2H3,(H,31,33). The summed E-state index contributed by atoms with van der Waals surface area (Å²) in [5, 5.41) is 5.52. The van der Waals surface area contributed by atoms with Gasteiger partial charge in [-0.3, -0.25) is 4.79 Å². The number of amides is 1. The van der Waals surface area contributed by atoms with Crippen molar-refractivity contribution >= 4 is 40.0 Å². The second-order valence-electron chi connectivity index (χ2n) is 8.39. The molecule has 0 aliphatic carbocycles. The van der Waals surface area contributed by atoms with Gasteiger partial charge < -0.3 is 9.88 Å². The summed E-state index contributed by atoms with van der Waals surface area (Å²) in [6, 6.07) is 22.4. The van der Waals surface area contributed by atoms with Gasteiger partial charge in [-0.05, 0) is 55.2 Å². The minimum Gasteiger partial charge on any atom is -0.356 e. The van der Waals surface area contributed by atoms with E-state index in [1.165, 1.54) is 22.0 Å². The topological polar surface area (TPSA) is 34.0 Å². The highest BCUT2D eigenvalue weighted by Crippen LogP contribution is 2.35. The average molecular weight is 479 g/mol. The number of benzene rings is 3. The highest BCUT2D eigenvalue weighted by atomic mass is 35.5. The number of hydrogen-bond acceptors (Lipinski definition) is 1. The zero-order chi connectivity index (χ0) is 23.4. The third-order valence-electron chi connectivity index (χ3n) is 6.14. The van der Waals surface area contributed by atoms with Crippen LogP contribution in [0.25, 0.3) is 10.9 Å². The van der Waals surface area contributed by atoms with Crippen molar-refractivity contribution in [3.63, 3.8) is 0 Å². The van der Waals surface area contributed by atoms with Crippen molar-refractivity contribution in [1.82, 2.24) is 9.88 Å². The summed E-state index contributed by atoms with van der Waals surface area (Å²) in [6.45, 7) is 5.63. The Morgan fingerprint density at radius 1 is 1.03 bits per heavy atom. The quantitative estimate of drug-likeness (QED) is 0.286. The molecule has 3 aromatic carbocycles. The molecule has 0 saturated carbocycles. The Morgan fingerprint density at radius 2 is 1.79 bits per heavy atom. The number of nitrogens with zero attached hydrogens (tertiary/aromatic N) is 1. The Kier molecular flexibility index (Phi) is 7.42. The highest BCUT2D eigenvalue weighted by molar-refractivity contribution is 6.35. The first-order valence-electron chi connectivity index (χ1n) is 11.3. The lowest BCUT2D eigenvalue weighted by molar-refractivity contribution is -0.121. The van der Waals surface area contributed by atoms with Crippen molar-refractivity contribution in [2.75, 3.05) is 6.54 Å². The minimum absolute atomic E-state index is 0.0255. The van der Waals surface area contributed by atoms with Gasteiger partial charge in [0.1, 0.15) is 0 Å². The van der Waals surface area contributed by atoms with Crippen LogP contribution in [-0.4, -0.2) is 17.0 Å². The van der Waals surface area contributed by atoms with Crippen LogP contribution >= 0.6 is 23.2 Å². The van der Waals surface area contributed by atoms with E-state index in [1.807, 2.05) is 12.1 Å². The molecule has 4 rings (SSSR count). The number of para-hydroxylation sites is 1. The maximum Gasteiger partial charge on any atom is 0.220 e. The van der Waals surface area contributed by atoms with Crippen LogP contribution in [0, 0.1) is 6.92 Å². The van der Waals surface area contributed by atoms with E-state index < -0.39 is 0 Å². The lowest BCUT2D eigenvalue weighted by Crippen LogP contribution is -2.27. The summed E-state index contributed by atoms with van der Waals surface area (Å²) in [6.07, 6.45) is 3.25. The van der Waals surface area contributed by atoms with Crippen LogP contribution in [0.3, 0.4) is 0 Å². The lowest BCUT2D eigenvalue weighted by atomic mass is 9.87. The second kappa shape index (κ2) is 10.5. The molecule has 0 radical (unpaired) electrons. The molecule has 0 aliphatic heterocycles. The van der Waals surface area contributed by atoms with Crippen molar-refractivity contribution in [2.45, 2.75) is 39.2 Å². The number of aryl methyl sites for hydroxylation is 2. The predicted molar refractivity (Wildman–Crippen MR) is 138 cm³/mol. The molecule has 0 aliphatic rings. The first kappa shape index (κ1) is 23.4. The van der Waals surface area contributed by atoms with Crippen molar-refractivity contribution < 1.29 is 4.79 Å².